The molecule has 116 valence electrons. The summed E-state index contributed by atoms with van der Waals surface area (Å²) < 4.78 is 0. The van der Waals surface area contributed by atoms with Crippen molar-refractivity contribution in [2.24, 2.45) is 17.8 Å². The maximum absolute atomic E-state index is 4.39. The number of rotatable bonds is 3. The van der Waals surface area contributed by atoms with Crippen molar-refractivity contribution < 1.29 is 0 Å². The van der Waals surface area contributed by atoms with Gasteiger partial charge in [0.2, 0.25) is 0 Å². The van der Waals surface area contributed by atoms with E-state index in [2.05, 4.69) is 43.8 Å². The van der Waals surface area contributed by atoms with Crippen molar-refractivity contribution in [2.45, 2.75) is 75.5 Å². The molecule has 21 heavy (non-hydrogen) atoms. The lowest BCUT2D eigenvalue weighted by molar-refractivity contribution is 0.158. The second-order valence-electron chi connectivity index (χ2n) is 7.39. The molecule has 1 heteroatoms. The molecular weight excluding hydrogens is 272 g/mol. The first-order chi connectivity index (χ1) is 10.3. The van der Waals surface area contributed by atoms with Gasteiger partial charge in [0, 0.05) is 4.90 Å². The molecule has 0 aromatic heterocycles. The lowest BCUT2D eigenvalue weighted by Gasteiger charge is -2.38. The molecule has 0 bridgehead atoms. The number of hydrogen-bond donors (Lipinski definition) is 1. The smallest absolute Gasteiger partial charge is 0.00401 e. The highest BCUT2D eigenvalue weighted by molar-refractivity contribution is 7.80. The Labute approximate surface area is 136 Å². The molecule has 3 rings (SSSR count). The average molecular weight is 303 g/mol. The highest BCUT2D eigenvalue weighted by atomic mass is 32.1. The summed E-state index contributed by atoms with van der Waals surface area (Å²) in [7, 11) is 0. The molecule has 2 fully saturated rings. The van der Waals surface area contributed by atoms with Gasteiger partial charge in [0.05, 0.1) is 0 Å². The zero-order valence-electron chi connectivity index (χ0n) is 13.4. The van der Waals surface area contributed by atoms with Gasteiger partial charge in [-0.15, -0.1) is 12.6 Å². The Morgan fingerprint density at radius 3 is 1.86 bits per heavy atom. The van der Waals surface area contributed by atoms with Crippen molar-refractivity contribution in [3.8, 4) is 0 Å². The highest BCUT2D eigenvalue weighted by Crippen LogP contribution is 2.44. The average Bonchev–Trinajstić information content (AvgIpc) is 2.56. The Balaban J connectivity index is 1.50. The third-order valence-electron chi connectivity index (χ3n) is 6.27. The van der Waals surface area contributed by atoms with Gasteiger partial charge in [0.1, 0.15) is 0 Å². The van der Waals surface area contributed by atoms with E-state index >= 15 is 0 Å². The minimum Gasteiger partial charge on any atom is -0.143 e. The van der Waals surface area contributed by atoms with Gasteiger partial charge in [0.15, 0.2) is 0 Å². The van der Waals surface area contributed by atoms with E-state index in [-0.39, 0.29) is 0 Å². The zero-order chi connectivity index (χ0) is 14.7. The number of thiol groups is 1. The van der Waals surface area contributed by atoms with Crippen LogP contribution in [0.4, 0.5) is 0 Å². The van der Waals surface area contributed by atoms with E-state index in [1.807, 2.05) is 0 Å². The number of hydrogen-bond acceptors (Lipinski definition) is 1. The van der Waals surface area contributed by atoms with Crippen LogP contribution in [-0.4, -0.2) is 0 Å². The monoisotopic (exact) mass is 302 g/mol. The van der Waals surface area contributed by atoms with Gasteiger partial charge >= 0.3 is 0 Å². The van der Waals surface area contributed by atoms with Crippen LogP contribution in [0.3, 0.4) is 0 Å². The van der Waals surface area contributed by atoms with Crippen LogP contribution in [0, 0.1) is 17.8 Å². The summed E-state index contributed by atoms with van der Waals surface area (Å²) in [5.41, 5.74) is 1.54. The van der Waals surface area contributed by atoms with Gasteiger partial charge in [0.25, 0.3) is 0 Å². The molecular formula is C20H30S. The Kier molecular flexibility index (Phi) is 5.32. The van der Waals surface area contributed by atoms with Gasteiger partial charge in [-0.3, -0.25) is 0 Å². The van der Waals surface area contributed by atoms with Crippen molar-refractivity contribution in [1.29, 1.82) is 0 Å². The molecule has 0 amide bonds. The lowest BCUT2D eigenvalue weighted by atomic mass is 9.68. The zero-order valence-corrected chi connectivity index (χ0v) is 14.3. The predicted molar refractivity (Wildman–Crippen MR) is 94.1 cm³/mol. The van der Waals surface area contributed by atoms with Gasteiger partial charge in [-0.05, 0) is 79.9 Å². The fourth-order valence-electron chi connectivity index (χ4n) is 4.74. The van der Waals surface area contributed by atoms with Crippen LogP contribution in [0.1, 0.15) is 76.2 Å². The maximum atomic E-state index is 4.39. The SMILES string of the molecule is CCC1CCC(C2CCC(c3ccc(S)cc3)CC2)CC1. The summed E-state index contributed by atoms with van der Waals surface area (Å²) in [6, 6.07) is 8.88. The van der Waals surface area contributed by atoms with Crippen LogP contribution >= 0.6 is 12.6 Å². The summed E-state index contributed by atoms with van der Waals surface area (Å²) in [6.07, 6.45) is 13.2. The van der Waals surface area contributed by atoms with Crippen molar-refractivity contribution in [3.63, 3.8) is 0 Å². The Morgan fingerprint density at radius 2 is 1.33 bits per heavy atom. The van der Waals surface area contributed by atoms with Crippen molar-refractivity contribution >= 4 is 12.6 Å². The molecule has 0 spiro atoms. The largest absolute Gasteiger partial charge is 0.143 e. The quantitative estimate of drug-likeness (QED) is 0.608. The first-order valence-corrected chi connectivity index (χ1v) is 9.50. The van der Waals surface area contributed by atoms with Crippen LogP contribution in [0.15, 0.2) is 29.2 Å². The molecule has 0 unspecified atom stereocenters. The summed E-state index contributed by atoms with van der Waals surface area (Å²) in [5, 5.41) is 0. The number of benzene rings is 1. The molecule has 0 N–H and O–H groups in total. The van der Waals surface area contributed by atoms with Crippen molar-refractivity contribution in [3.05, 3.63) is 29.8 Å². The second-order valence-corrected chi connectivity index (χ2v) is 7.91. The van der Waals surface area contributed by atoms with Crippen LogP contribution in [0.2, 0.25) is 0 Å². The predicted octanol–water partition coefficient (Wildman–Crippen LogP) is 6.47. The van der Waals surface area contributed by atoms with E-state index in [1.54, 1.807) is 5.56 Å². The fourth-order valence-corrected chi connectivity index (χ4v) is 4.89. The summed E-state index contributed by atoms with van der Waals surface area (Å²) >= 11 is 4.39. The Morgan fingerprint density at radius 1 is 0.810 bits per heavy atom. The van der Waals surface area contributed by atoms with Crippen LogP contribution in [-0.2, 0) is 0 Å². The molecule has 0 aliphatic heterocycles. The molecule has 0 heterocycles. The molecule has 0 nitrogen and oxygen atoms in total. The van der Waals surface area contributed by atoms with Crippen molar-refractivity contribution in [1.82, 2.24) is 0 Å². The first kappa shape index (κ1) is 15.5. The standard InChI is InChI=1S/C20H30S/c1-2-15-3-5-16(6-4-15)17-7-9-18(10-8-17)19-11-13-20(21)14-12-19/h11-18,21H,2-10H2,1H3. The van der Waals surface area contributed by atoms with Crippen LogP contribution in [0.25, 0.3) is 0 Å². The minimum atomic E-state index is 0.808. The van der Waals surface area contributed by atoms with E-state index < -0.39 is 0 Å². The van der Waals surface area contributed by atoms with E-state index in [1.165, 1.54) is 57.8 Å². The first-order valence-electron chi connectivity index (χ1n) is 9.05. The molecule has 1 aromatic rings. The van der Waals surface area contributed by atoms with E-state index in [4.69, 9.17) is 0 Å². The van der Waals surface area contributed by atoms with E-state index in [0.717, 1.165) is 28.6 Å². The molecule has 0 radical (unpaired) electrons. The summed E-state index contributed by atoms with van der Waals surface area (Å²) in [6.45, 7) is 2.37. The molecule has 1 aromatic carbocycles. The van der Waals surface area contributed by atoms with Crippen LogP contribution < -0.4 is 0 Å². The molecule has 0 saturated heterocycles. The normalized spacial score (nSPS) is 33.8. The molecule has 0 atom stereocenters. The topological polar surface area (TPSA) is 0 Å². The minimum absolute atomic E-state index is 0.808. The third kappa shape index (κ3) is 3.86. The van der Waals surface area contributed by atoms with Gasteiger partial charge in [-0.2, -0.15) is 0 Å². The van der Waals surface area contributed by atoms with Gasteiger partial charge in [-0.1, -0.05) is 38.3 Å². The van der Waals surface area contributed by atoms with E-state index in [0.29, 0.717) is 0 Å². The maximum Gasteiger partial charge on any atom is 0.00401 e. The molecule has 2 aliphatic carbocycles. The lowest BCUT2D eigenvalue weighted by Crippen LogP contribution is -2.25. The van der Waals surface area contributed by atoms with Gasteiger partial charge < -0.3 is 0 Å². The molecule has 2 aliphatic rings. The fraction of sp³-hybridized carbons (Fsp3) is 0.700. The van der Waals surface area contributed by atoms with Gasteiger partial charge in [-0.25, -0.2) is 0 Å². The third-order valence-corrected chi connectivity index (χ3v) is 6.57. The molecule has 2 saturated carbocycles. The van der Waals surface area contributed by atoms with Crippen molar-refractivity contribution in [2.75, 3.05) is 0 Å². The second kappa shape index (κ2) is 7.22. The summed E-state index contributed by atoms with van der Waals surface area (Å²) in [4.78, 5) is 1.08. The summed E-state index contributed by atoms with van der Waals surface area (Å²) in [5.74, 6) is 3.93. The van der Waals surface area contributed by atoms with E-state index in [9.17, 15) is 0 Å². The Hall–Kier alpha value is -0.430. The Bertz CT molecular complexity index is 420. The van der Waals surface area contributed by atoms with Crippen LogP contribution in [0.5, 0.6) is 0 Å². The highest BCUT2D eigenvalue weighted by Gasteiger charge is 2.30.